The Hall–Kier alpha value is -0.770. The Labute approximate surface area is 96.6 Å². The Bertz CT molecular complexity index is 297. The fraction of sp³-hybridized carbons (Fsp3) is 0.917. The third-order valence-corrected chi connectivity index (χ3v) is 3.66. The van der Waals surface area contributed by atoms with Crippen LogP contribution in [0.4, 0.5) is 4.79 Å². The third-order valence-electron chi connectivity index (χ3n) is 3.66. The van der Waals surface area contributed by atoms with Gasteiger partial charge < -0.3 is 14.7 Å². The molecule has 1 heterocycles. The summed E-state index contributed by atoms with van der Waals surface area (Å²) in [5, 5.41) is 9.75. The number of carbonyl (C=O) groups excluding carboxylic acids is 1. The third kappa shape index (κ3) is 2.03. The number of hydrogen-bond donors (Lipinski definition) is 1. The molecule has 0 aromatic heterocycles. The standard InChI is InChI=1S/C12H21NO3/c1-11(2,3)16-10(15)13-7-6-12(8-13)5-4-9(12)14/h9,14H,4-8H2,1-3H3/t9-,12-/m0/s1. The van der Waals surface area contributed by atoms with E-state index in [0.717, 1.165) is 19.3 Å². The number of carbonyl (C=O) groups is 1. The van der Waals surface area contributed by atoms with Crippen LogP contribution in [-0.4, -0.2) is 40.9 Å². The predicted octanol–water partition coefficient (Wildman–Crippen LogP) is 1.77. The number of aliphatic hydroxyl groups excluding tert-OH is 1. The summed E-state index contributed by atoms with van der Waals surface area (Å²) in [6.07, 6.45) is 2.35. The first kappa shape index (κ1) is 11.7. The van der Waals surface area contributed by atoms with Crippen LogP contribution in [0, 0.1) is 5.41 Å². The highest BCUT2D eigenvalue weighted by Crippen LogP contribution is 2.48. The van der Waals surface area contributed by atoms with Gasteiger partial charge in [-0.2, -0.15) is 0 Å². The second-order valence-electron chi connectivity index (χ2n) is 6.07. The molecule has 1 aliphatic heterocycles. The maximum Gasteiger partial charge on any atom is 0.410 e. The molecule has 2 atom stereocenters. The van der Waals surface area contributed by atoms with E-state index in [2.05, 4.69) is 0 Å². The summed E-state index contributed by atoms with van der Waals surface area (Å²) in [5.41, 5.74) is -0.456. The quantitative estimate of drug-likeness (QED) is 0.686. The van der Waals surface area contributed by atoms with E-state index in [-0.39, 0.29) is 17.6 Å². The van der Waals surface area contributed by atoms with Crippen LogP contribution >= 0.6 is 0 Å². The Morgan fingerprint density at radius 3 is 2.50 bits per heavy atom. The summed E-state index contributed by atoms with van der Waals surface area (Å²) in [6.45, 7) is 6.98. The van der Waals surface area contributed by atoms with Crippen molar-refractivity contribution in [2.75, 3.05) is 13.1 Å². The van der Waals surface area contributed by atoms with Crippen LogP contribution < -0.4 is 0 Å². The van der Waals surface area contributed by atoms with E-state index in [1.807, 2.05) is 20.8 Å². The van der Waals surface area contributed by atoms with E-state index in [1.54, 1.807) is 4.90 Å². The number of hydrogen-bond acceptors (Lipinski definition) is 3. The van der Waals surface area contributed by atoms with Crippen molar-refractivity contribution < 1.29 is 14.6 Å². The molecule has 2 rings (SSSR count). The van der Waals surface area contributed by atoms with Gasteiger partial charge in [-0.3, -0.25) is 0 Å². The minimum absolute atomic E-state index is 0.0170. The van der Waals surface area contributed by atoms with Gasteiger partial charge in [0.2, 0.25) is 0 Å². The van der Waals surface area contributed by atoms with Gasteiger partial charge in [0, 0.05) is 18.5 Å². The minimum atomic E-state index is -0.439. The summed E-state index contributed by atoms with van der Waals surface area (Å²) in [7, 11) is 0. The van der Waals surface area contributed by atoms with Gasteiger partial charge in [-0.25, -0.2) is 4.79 Å². The summed E-state index contributed by atoms with van der Waals surface area (Å²) in [4.78, 5) is 13.5. The van der Waals surface area contributed by atoms with Crippen molar-refractivity contribution in [2.24, 2.45) is 5.41 Å². The zero-order valence-corrected chi connectivity index (χ0v) is 10.3. The number of rotatable bonds is 0. The zero-order chi connectivity index (χ0) is 12.0. The minimum Gasteiger partial charge on any atom is -0.444 e. The van der Waals surface area contributed by atoms with Gasteiger partial charge in [0.1, 0.15) is 5.60 Å². The van der Waals surface area contributed by atoms with Gasteiger partial charge in [0.15, 0.2) is 0 Å². The largest absolute Gasteiger partial charge is 0.444 e. The molecule has 1 saturated carbocycles. The van der Waals surface area contributed by atoms with Crippen LogP contribution in [0.5, 0.6) is 0 Å². The average molecular weight is 227 g/mol. The zero-order valence-electron chi connectivity index (χ0n) is 10.3. The normalized spacial score (nSPS) is 34.0. The Balaban J connectivity index is 1.91. The number of aliphatic hydroxyl groups is 1. The van der Waals surface area contributed by atoms with Gasteiger partial charge in [0.05, 0.1) is 6.10 Å². The number of ether oxygens (including phenoxy) is 1. The van der Waals surface area contributed by atoms with Crippen LogP contribution in [0.3, 0.4) is 0 Å². The molecule has 1 spiro atoms. The Kier molecular flexibility index (Phi) is 2.65. The van der Waals surface area contributed by atoms with Crippen molar-refractivity contribution in [3.05, 3.63) is 0 Å². The summed E-state index contributed by atoms with van der Waals surface area (Å²) in [6, 6.07) is 0. The summed E-state index contributed by atoms with van der Waals surface area (Å²) >= 11 is 0. The molecule has 2 fully saturated rings. The van der Waals surface area contributed by atoms with Crippen molar-refractivity contribution in [3.8, 4) is 0 Å². The average Bonchev–Trinajstić information content (AvgIpc) is 2.59. The first-order valence-corrected chi connectivity index (χ1v) is 5.98. The first-order chi connectivity index (χ1) is 7.32. The van der Waals surface area contributed by atoms with Crippen LogP contribution in [0.2, 0.25) is 0 Å². The fourth-order valence-electron chi connectivity index (χ4n) is 2.54. The van der Waals surface area contributed by atoms with Gasteiger partial charge in [-0.1, -0.05) is 0 Å². The second kappa shape index (κ2) is 3.62. The van der Waals surface area contributed by atoms with Gasteiger partial charge in [-0.05, 0) is 40.0 Å². The highest BCUT2D eigenvalue weighted by molar-refractivity contribution is 5.68. The van der Waals surface area contributed by atoms with Gasteiger partial charge in [-0.15, -0.1) is 0 Å². The van der Waals surface area contributed by atoms with Crippen molar-refractivity contribution >= 4 is 6.09 Å². The molecule has 2 aliphatic rings. The molecule has 16 heavy (non-hydrogen) atoms. The molecular formula is C12H21NO3. The topological polar surface area (TPSA) is 49.8 Å². The Morgan fingerprint density at radius 2 is 2.12 bits per heavy atom. The van der Waals surface area contributed by atoms with Crippen LogP contribution in [0.15, 0.2) is 0 Å². The molecule has 0 bridgehead atoms. The van der Waals surface area contributed by atoms with Crippen molar-refractivity contribution in [1.82, 2.24) is 4.90 Å². The van der Waals surface area contributed by atoms with E-state index in [9.17, 15) is 9.90 Å². The lowest BCUT2D eigenvalue weighted by Crippen LogP contribution is -2.47. The number of amides is 1. The summed E-state index contributed by atoms with van der Waals surface area (Å²) < 4.78 is 5.32. The van der Waals surface area contributed by atoms with Crippen LogP contribution in [0.25, 0.3) is 0 Å². The van der Waals surface area contributed by atoms with Crippen molar-refractivity contribution in [3.63, 3.8) is 0 Å². The van der Waals surface area contributed by atoms with E-state index in [4.69, 9.17) is 4.74 Å². The molecule has 0 unspecified atom stereocenters. The van der Waals surface area contributed by atoms with Crippen molar-refractivity contribution in [2.45, 2.75) is 51.7 Å². The van der Waals surface area contributed by atoms with E-state index in [0.29, 0.717) is 13.1 Å². The predicted molar refractivity (Wildman–Crippen MR) is 60.1 cm³/mol. The highest BCUT2D eigenvalue weighted by Gasteiger charge is 2.51. The summed E-state index contributed by atoms with van der Waals surface area (Å²) in [5.74, 6) is 0. The first-order valence-electron chi connectivity index (χ1n) is 5.98. The molecule has 1 aliphatic carbocycles. The lowest BCUT2D eigenvalue weighted by atomic mass is 9.66. The number of likely N-dealkylation sites (tertiary alicyclic amines) is 1. The van der Waals surface area contributed by atoms with Crippen molar-refractivity contribution in [1.29, 1.82) is 0 Å². The van der Waals surface area contributed by atoms with E-state index in [1.165, 1.54) is 0 Å². The lowest BCUT2D eigenvalue weighted by molar-refractivity contribution is -0.0575. The maximum atomic E-state index is 11.8. The molecule has 92 valence electrons. The maximum absolute atomic E-state index is 11.8. The fourth-order valence-corrected chi connectivity index (χ4v) is 2.54. The molecule has 0 aromatic rings. The second-order valence-corrected chi connectivity index (χ2v) is 6.07. The molecule has 0 aromatic carbocycles. The van der Waals surface area contributed by atoms with Gasteiger partial charge in [0.25, 0.3) is 0 Å². The molecule has 4 nitrogen and oxygen atoms in total. The lowest BCUT2D eigenvalue weighted by Gasteiger charge is -2.43. The SMILES string of the molecule is CC(C)(C)OC(=O)N1CC[C@@]2(CC[C@@H]2O)C1. The monoisotopic (exact) mass is 227 g/mol. The smallest absolute Gasteiger partial charge is 0.410 e. The van der Waals surface area contributed by atoms with Crippen LogP contribution in [-0.2, 0) is 4.74 Å². The highest BCUT2D eigenvalue weighted by atomic mass is 16.6. The molecule has 4 heteroatoms. The van der Waals surface area contributed by atoms with E-state index >= 15 is 0 Å². The molecular weight excluding hydrogens is 206 g/mol. The van der Waals surface area contributed by atoms with Crippen LogP contribution in [0.1, 0.15) is 40.0 Å². The Morgan fingerprint density at radius 1 is 1.44 bits per heavy atom. The van der Waals surface area contributed by atoms with Gasteiger partial charge >= 0.3 is 6.09 Å². The molecule has 1 amide bonds. The molecule has 0 radical (unpaired) electrons. The number of nitrogens with zero attached hydrogens (tertiary/aromatic N) is 1. The van der Waals surface area contributed by atoms with E-state index < -0.39 is 5.60 Å². The molecule has 1 saturated heterocycles. The molecule has 1 N–H and O–H groups in total.